The van der Waals surface area contributed by atoms with Crippen LogP contribution in [0, 0.1) is 0 Å². The number of hydrogen-bond acceptors (Lipinski definition) is 8. The van der Waals surface area contributed by atoms with Crippen molar-refractivity contribution in [2.24, 2.45) is 0 Å². The molecule has 3 heterocycles. The minimum Gasteiger partial charge on any atom is -0.489 e. The van der Waals surface area contributed by atoms with Gasteiger partial charge in [-0.3, -0.25) is 0 Å². The molecule has 0 bridgehead atoms. The van der Waals surface area contributed by atoms with Crippen molar-refractivity contribution in [2.45, 2.75) is 24.7 Å². The van der Waals surface area contributed by atoms with E-state index in [0.29, 0.717) is 38.5 Å². The van der Waals surface area contributed by atoms with Crippen LogP contribution in [0.4, 0.5) is 5.69 Å². The zero-order valence-electron chi connectivity index (χ0n) is 14.8. The molecule has 0 unspecified atom stereocenters. The van der Waals surface area contributed by atoms with Gasteiger partial charge in [0.15, 0.2) is 5.79 Å². The van der Waals surface area contributed by atoms with Crippen molar-refractivity contribution in [3.05, 3.63) is 23.3 Å². The van der Waals surface area contributed by atoms with Gasteiger partial charge in [0.1, 0.15) is 12.4 Å². The summed E-state index contributed by atoms with van der Waals surface area (Å²) in [5.74, 6) is -1.17. The fourth-order valence-electron chi connectivity index (χ4n) is 3.92. The lowest BCUT2D eigenvalue weighted by molar-refractivity contribution is -0.178. The van der Waals surface area contributed by atoms with E-state index in [2.05, 4.69) is 4.90 Å². The molecule has 4 rings (SSSR count). The van der Waals surface area contributed by atoms with E-state index in [0.717, 1.165) is 12.1 Å². The van der Waals surface area contributed by atoms with Gasteiger partial charge in [-0.2, -0.15) is 0 Å². The molecule has 0 saturated carbocycles. The number of anilines is 1. The monoisotopic (exact) mass is 363 g/mol. The Balaban J connectivity index is 1.70. The number of benzene rings is 1. The summed E-state index contributed by atoms with van der Waals surface area (Å²) < 4.78 is 27.1. The maximum atomic E-state index is 12.2. The van der Waals surface area contributed by atoms with Crippen molar-refractivity contribution in [1.82, 2.24) is 0 Å². The van der Waals surface area contributed by atoms with Gasteiger partial charge in [0.2, 0.25) is 0 Å². The second-order valence-corrected chi connectivity index (χ2v) is 6.57. The van der Waals surface area contributed by atoms with Crippen LogP contribution in [0.5, 0.6) is 5.75 Å². The Hall–Kier alpha value is -2.32. The summed E-state index contributed by atoms with van der Waals surface area (Å²) in [6, 6.07) is 3.27. The maximum Gasteiger partial charge on any atom is 0.338 e. The number of esters is 2. The highest BCUT2D eigenvalue weighted by atomic mass is 16.7. The molecule has 8 heteroatoms. The van der Waals surface area contributed by atoms with Crippen LogP contribution in [0.25, 0.3) is 0 Å². The second kappa shape index (κ2) is 6.44. The zero-order valence-corrected chi connectivity index (χ0v) is 14.8. The van der Waals surface area contributed by atoms with Gasteiger partial charge in [-0.15, -0.1) is 0 Å². The van der Waals surface area contributed by atoms with E-state index in [1.54, 1.807) is 12.1 Å². The molecule has 0 aromatic heterocycles. The van der Waals surface area contributed by atoms with Crippen LogP contribution in [-0.2, 0) is 18.9 Å². The van der Waals surface area contributed by atoms with Crippen LogP contribution >= 0.6 is 0 Å². The highest BCUT2D eigenvalue weighted by Crippen LogP contribution is 2.43. The number of nitrogens with zero attached hydrogens (tertiary/aromatic N) is 1. The van der Waals surface area contributed by atoms with Crippen LogP contribution in [-0.4, -0.2) is 64.4 Å². The lowest BCUT2D eigenvalue weighted by Crippen LogP contribution is -2.55. The van der Waals surface area contributed by atoms with Crippen LogP contribution in [0.1, 0.15) is 33.6 Å². The number of piperidine rings is 1. The van der Waals surface area contributed by atoms with Gasteiger partial charge >= 0.3 is 11.9 Å². The molecule has 0 amide bonds. The molecule has 1 atom stereocenters. The average molecular weight is 363 g/mol. The van der Waals surface area contributed by atoms with E-state index in [4.69, 9.17) is 23.7 Å². The third-order valence-corrected chi connectivity index (χ3v) is 5.18. The quantitative estimate of drug-likeness (QED) is 0.729. The summed E-state index contributed by atoms with van der Waals surface area (Å²) in [5.41, 5.74) is 1.06. The summed E-state index contributed by atoms with van der Waals surface area (Å²) in [6.07, 6.45) is 1.42. The van der Waals surface area contributed by atoms with Crippen molar-refractivity contribution < 1.29 is 33.3 Å². The molecule has 1 spiro atoms. The molecule has 3 aliphatic heterocycles. The Bertz CT molecular complexity index is 741. The van der Waals surface area contributed by atoms with E-state index in [1.165, 1.54) is 14.2 Å². The molecule has 0 N–H and O–H groups in total. The summed E-state index contributed by atoms with van der Waals surface area (Å²) in [7, 11) is 2.55. The molecule has 2 fully saturated rings. The van der Waals surface area contributed by atoms with Crippen molar-refractivity contribution >= 4 is 17.6 Å². The topological polar surface area (TPSA) is 83.5 Å². The number of carbonyl (C=O) groups excluding carboxylic acids is 2. The number of methoxy groups -OCH3 is 2. The van der Waals surface area contributed by atoms with E-state index in [9.17, 15) is 9.59 Å². The molecule has 1 aromatic carbocycles. The van der Waals surface area contributed by atoms with Gasteiger partial charge in [-0.25, -0.2) is 9.59 Å². The fraction of sp³-hybridized carbons (Fsp3) is 0.556. The average Bonchev–Trinajstić information content (AvgIpc) is 3.12. The molecule has 0 radical (unpaired) electrons. The van der Waals surface area contributed by atoms with E-state index >= 15 is 0 Å². The highest BCUT2D eigenvalue weighted by Gasteiger charge is 2.46. The van der Waals surface area contributed by atoms with Crippen LogP contribution < -0.4 is 9.64 Å². The molecular formula is C18H21NO7. The number of hydrogen-bond donors (Lipinski definition) is 0. The first kappa shape index (κ1) is 17.1. The van der Waals surface area contributed by atoms with Gasteiger partial charge in [-0.05, 0) is 12.1 Å². The van der Waals surface area contributed by atoms with E-state index in [1.807, 2.05) is 0 Å². The first-order valence-corrected chi connectivity index (χ1v) is 8.59. The summed E-state index contributed by atoms with van der Waals surface area (Å²) in [6.45, 7) is 2.39. The third kappa shape index (κ3) is 2.69. The molecule has 8 nitrogen and oxygen atoms in total. The van der Waals surface area contributed by atoms with E-state index in [-0.39, 0.29) is 17.2 Å². The molecule has 0 aliphatic carbocycles. The maximum absolute atomic E-state index is 12.2. The molecule has 3 aliphatic rings. The van der Waals surface area contributed by atoms with Crippen molar-refractivity contribution in [1.29, 1.82) is 0 Å². The highest BCUT2D eigenvalue weighted by molar-refractivity contribution is 6.04. The van der Waals surface area contributed by atoms with Gasteiger partial charge in [0, 0.05) is 19.4 Å². The Labute approximate surface area is 150 Å². The molecular weight excluding hydrogens is 342 g/mol. The minimum atomic E-state index is -0.607. The van der Waals surface area contributed by atoms with Crippen molar-refractivity contribution in [3.8, 4) is 5.75 Å². The minimum absolute atomic E-state index is 0.0730. The smallest absolute Gasteiger partial charge is 0.338 e. The standard InChI is InChI=1S/C18H21NO7/c1-22-16(20)12-7-14-15(8-13(12)17(21)23-2)24-10-11-9-18(3-4-19(11)14)25-5-6-26-18/h7-8,11H,3-6,9-10H2,1-2H3/t11-/m0/s1. The second-order valence-electron chi connectivity index (χ2n) is 6.57. The lowest BCUT2D eigenvalue weighted by atomic mass is 9.93. The van der Waals surface area contributed by atoms with Crippen LogP contribution in [0.15, 0.2) is 12.1 Å². The number of rotatable bonds is 2. The lowest BCUT2D eigenvalue weighted by Gasteiger charge is -2.47. The molecule has 140 valence electrons. The molecule has 2 saturated heterocycles. The van der Waals surface area contributed by atoms with E-state index < -0.39 is 17.7 Å². The first-order chi connectivity index (χ1) is 12.6. The van der Waals surface area contributed by atoms with Crippen LogP contribution in [0.2, 0.25) is 0 Å². The Morgan fingerprint density at radius 2 is 1.77 bits per heavy atom. The van der Waals surface area contributed by atoms with Crippen molar-refractivity contribution in [2.75, 3.05) is 45.5 Å². The third-order valence-electron chi connectivity index (χ3n) is 5.18. The van der Waals surface area contributed by atoms with Crippen LogP contribution in [0.3, 0.4) is 0 Å². The summed E-state index contributed by atoms with van der Waals surface area (Å²) in [5, 5.41) is 0. The number of ether oxygens (including phenoxy) is 5. The first-order valence-electron chi connectivity index (χ1n) is 8.59. The Morgan fingerprint density at radius 3 is 2.42 bits per heavy atom. The normalized spacial score (nSPS) is 23.0. The van der Waals surface area contributed by atoms with Gasteiger partial charge in [-0.1, -0.05) is 0 Å². The predicted octanol–water partition coefficient (Wildman–Crippen LogP) is 1.36. The SMILES string of the molecule is COC(=O)c1cc2c(cc1C(=O)OC)N1CCC3(C[C@H]1CO2)OCCO3. The fourth-order valence-corrected chi connectivity index (χ4v) is 3.92. The summed E-state index contributed by atoms with van der Waals surface area (Å²) >= 11 is 0. The van der Waals surface area contributed by atoms with Gasteiger partial charge in [0.25, 0.3) is 0 Å². The zero-order chi connectivity index (χ0) is 18.3. The molecule has 26 heavy (non-hydrogen) atoms. The van der Waals surface area contributed by atoms with Gasteiger partial charge in [0.05, 0.1) is 50.3 Å². The predicted molar refractivity (Wildman–Crippen MR) is 89.6 cm³/mol. The van der Waals surface area contributed by atoms with Gasteiger partial charge < -0.3 is 28.6 Å². The summed E-state index contributed by atoms with van der Waals surface area (Å²) in [4.78, 5) is 26.4. The number of carbonyl (C=O) groups is 2. The Morgan fingerprint density at radius 1 is 1.12 bits per heavy atom. The Kier molecular flexibility index (Phi) is 4.24. The van der Waals surface area contributed by atoms with Crippen molar-refractivity contribution in [3.63, 3.8) is 0 Å². The largest absolute Gasteiger partial charge is 0.489 e. The number of fused-ring (bicyclic) bond motifs is 3. The molecule has 1 aromatic rings.